The molecule has 7 nitrogen and oxygen atoms in total. The maximum atomic E-state index is 4.54. The molecule has 0 aliphatic heterocycles. The van der Waals surface area contributed by atoms with Crippen molar-refractivity contribution in [3.05, 3.63) is 47.9 Å². The summed E-state index contributed by atoms with van der Waals surface area (Å²) in [7, 11) is 0. The molecule has 23 heavy (non-hydrogen) atoms. The number of nitrogens with zero attached hydrogens (tertiary/aromatic N) is 5. The second-order valence-electron chi connectivity index (χ2n) is 5.48. The highest BCUT2D eigenvalue weighted by atomic mass is 15.1. The number of fused-ring (bicyclic) bond motifs is 2. The van der Waals surface area contributed by atoms with Crippen molar-refractivity contribution >= 4 is 22.6 Å². The molecule has 0 spiro atoms. The molecule has 4 aromatic rings. The molecule has 0 saturated heterocycles. The fourth-order valence-corrected chi connectivity index (χ4v) is 2.71. The van der Waals surface area contributed by atoms with Gasteiger partial charge in [0.15, 0.2) is 0 Å². The minimum atomic E-state index is 0.586. The van der Waals surface area contributed by atoms with Gasteiger partial charge in [-0.3, -0.25) is 4.40 Å². The molecule has 0 atom stereocenters. The summed E-state index contributed by atoms with van der Waals surface area (Å²) in [5.41, 5.74) is 3.94. The van der Waals surface area contributed by atoms with Gasteiger partial charge in [-0.1, -0.05) is 6.92 Å². The molecule has 4 heterocycles. The van der Waals surface area contributed by atoms with Crippen molar-refractivity contribution in [1.29, 1.82) is 0 Å². The SMILES string of the molecule is CCc1c[nH]c2ncnc(NCc3cn4ccc(C)nc4n3)c12. The Labute approximate surface area is 132 Å². The van der Waals surface area contributed by atoms with Gasteiger partial charge in [-0.25, -0.2) is 19.9 Å². The predicted octanol–water partition coefficient (Wildman–Crippen LogP) is 2.48. The molecule has 7 heteroatoms. The average molecular weight is 307 g/mol. The van der Waals surface area contributed by atoms with E-state index in [0.717, 1.165) is 34.7 Å². The topological polar surface area (TPSA) is 83.8 Å². The lowest BCUT2D eigenvalue weighted by Gasteiger charge is -2.05. The molecular weight excluding hydrogens is 290 g/mol. The summed E-state index contributed by atoms with van der Waals surface area (Å²) in [4.78, 5) is 20.8. The van der Waals surface area contributed by atoms with Crippen LogP contribution in [0.1, 0.15) is 23.9 Å². The third kappa shape index (κ3) is 2.40. The molecule has 0 saturated carbocycles. The van der Waals surface area contributed by atoms with E-state index in [4.69, 9.17) is 0 Å². The zero-order chi connectivity index (χ0) is 15.8. The first-order valence-corrected chi connectivity index (χ1v) is 7.60. The van der Waals surface area contributed by atoms with Crippen LogP contribution in [-0.4, -0.2) is 29.3 Å². The Kier molecular flexibility index (Phi) is 3.18. The molecule has 2 N–H and O–H groups in total. The first kappa shape index (κ1) is 13.7. The van der Waals surface area contributed by atoms with Crippen molar-refractivity contribution < 1.29 is 0 Å². The fraction of sp³-hybridized carbons (Fsp3) is 0.250. The van der Waals surface area contributed by atoms with Crippen LogP contribution >= 0.6 is 0 Å². The lowest BCUT2D eigenvalue weighted by Crippen LogP contribution is -2.03. The standard InChI is InChI=1S/C16H17N7/c1-3-11-6-17-14-13(11)15(20-9-19-14)18-7-12-8-23-5-4-10(2)21-16(23)22-12/h4-6,8-9H,3,7H2,1-2H3,(H2,17,18,19,20). The maximum absolute atomic E-state index is 4.54. The number of aryl methyl sites for hydroxylation is 2. The Bertz CT molecular complexity index is 983. The molecule has 0 fully saturated rings. The number of hydrogen-bond acceptors (Lipinski definition) is 5. The summed E-state index contributed by atoms with van der Waals surface area (Å²) in [6, 6.07) is 1.97. The van der Waals surface area contributed by atoms with Crippen LogP contribution in [0.15, 0.2) is 31.0 Å². The van der Waals surface area contributed by atoms with E-state index in [9.17, 15) is 0 Å². The molecule has 0 aliphatic carbocycles. The Balaban J connectivity index is 1.64. The van der Waals surface area contributed by atoms with E-state index in [-0.39, 0.29) is 0 Å². The van der Waals surface area contributed by atoms with Gasteiger partial charge in [-0.2, -0.15) is 0 Å². The maximum Gasteiger partial charge on any atom is 0.234 e. The van der Waals surface area contributed by atoms with E-state index in [0.29, 0.717) is 12.3 Å². The molecule has 116 valence electrons. The van der Waals surface area contributed by atoms with Gasteiger partial charge in [-0.15, -0.1) is 0 Å². The molecule has 0 unspecified atom stereocenters. The number of rotatable bonds is 4. The van der Waals surface area contributed by atoms with E-state index in [1.54, 1.807) is 6.33 Å². The van der Waals surface area contributed by atoms with E-state index >= 15 is 0 Å². The van der Waals surface area contributed by atoms with Crippen molar-refractivity contribution in [1.82, 2.24) is 29.3 Å². The van der Waals surface area contributed by atoms with Crippen LogP contribution in [0.2, 0.25) is 0 Å². The average Bonchev–Trinajstić information content (AvgIpc) is 3.15. The van der Waals surface area contributed by atoms with E-state index in [1.165, 1.54) is 5.56 Å². The second kappa shape index (κ2) is 5.35. The highest BCUT2D eigenvalue weighted by Gasteiger charge is 2.10. The van der Waals surface area contributed by atoms with Crippen LogP contribution in [0, 0.1) is 6.92 Å². The Morgan fingerprint density at radius 2 is 2.17 bits per heavy atom. The highest BCUT2D eigenvalue weighted by Crippen LogP contribution is 2.23. The Hall–Kier alpha value is -2.96. The lowest BCUT2D eigenvalue weighted by molar-refractivity contribution is 1.05. The number of aromatic nitrogens is 6. The minimum Gasteiger partial charge on any atom is -0.364 e. The molecule has 0 aromatic carbocycles. The van der Waals surface area contributed by atoms with Gasteiger partial charge in [0.2, 0.25) is 5.78 Å². The molecule has 4 aromatic heterocycles. The van der Waals surface area contributed by atoms with Crippen LogP contribution in [-0.2, 0) is 13.0 Å². The van der Waals surface area contributed by atoms with E-state index < -0.39 is 0 Å². The number of imidazole rings is 1. The molecule has 4 rings (SSSR count). The number of H-pyrrole nitrogens is 1. The van der Waals surface area contributed by atoms with Gasteiger partial charge in [-0.05, 0) is 25.0 Å². The highest BCUT2D eigenvalue weighted by molar-refractivity contribution is 5.90. The smallest absolute Gasteiger partial charge is 0.234 e. The predicted molar refractivity (Wildman–Crippen MR) is 88.3 cm³/mol. The van der Waals surface area contributed by atoms with Crippen molar-refractivity contribution in [2.45, 2.75) is 26.8 Å². The summed E-state index contributed by atoms with van der Waals surface area (Å²) in [6.07, 6.45) is 8.43. The van der Waals surface area contributed by atoms with Crippen LogP contribution in [0.25, 0.3) is 16.8 Å². The van der Waals surface area contributed by atoms with E-state index in [2.05, 4.69) is 37.2 Å². The summed E-state index contributed by atoms with van der Waals surface area (Å²) < 4.78 is 1.92. The summed E-state index contributed by atoms with van der Waals surface area (Å²) in [6.45, 7) is 4.67. The van der Waals surface area contributed by atoms with Gasteiger partial charge in [0.1, 0.15) is 17.8 Å². The normalized spacial score (nSPS) is 11.4. The van der Waals surface area contributed by atoms with Crippen LogP contribution in [0.3, 0.4) is 0 Å². The van der Waals surface area contributed by atoms with E-state index in [1.807, 2.05) is 36.0 Å². The molecule has 0 radical (unpaired) electrons. The third-order valence-electron chi connectivity index (χ3n) is 3.88. The van der Waals surface area contributed by atoms with Gasteiger partial charge in [0.05, 0.1) is 17.6 Å². The van der Waals surface area contributed by atoms with Crippen molar-refractivity contribution in [2.24, 2.45) is 0 Å². The monoisotopic (exact) mass is 307 g/mol. The van der Waals surface area contributed by atoms with Crippen molar-refractivity contribution in [2.75, 3.05) is 5.32 Å². The third-order valence-corrected chi connectivity index (χ3v) is 3.88. The molecule has 0 bridgehead atoms. The van der Waals surface area contributed by atoms with Crippen molar-refractivity contribution in [3.8, 4) is 0 Å². The summed E-state index contributed by atoms with van der Waals surface area (Å²) in [5.74, 6) is 1.54. The van der Waals surface area contributed by atoms with Crippen molar-refractivity contribution in [3.63, 3.8) is 0 Å². The largest absolute Gasteiger partial charge is 0.364 e. The Morgan fingerprint density at radius 3 is 3.04 bits per heavy atom. The van der Waals surface area contributed by atoms with Gasteiger partial charge < -0.3 is 10.3 Å². The first-order chi connectivity index (χ1) is 11.2. The molecule has 0 aliphatic rings. The molecule has 0 amide bonds. The summed E-state index contributed by atoms with van der Waals surface area (Å²) >= 11 is 0. The van der Waals surface area contributed by atoms with Crippen LogP contribution < -0.4 is 5.32 Å². The lowest BCUT2D eigenvalue weighted by atomic mass is 10.2. The first-order valence-electron chi connectivity index (χ1n) is 7.60. The van der Waals surface area contributed by atoms with Gasteiger partial charge in [0.25, 0.3) is 0 Å². The number of nitrogens with one attached hydrogen (secondary N) is 2. The fourth-order valence-electron chi connectivity index (χ4n) is 2.71. The van der Waals surface area contributed by atoms with Crippen LogP contribution in [0.5, 0.6) is 0 Å². The Morgan fingerprint density at radius 1 is 1.26 bits per heavy atom. The minimum absolute atomic E-state index is 0.586. The number of hydrogen-bond donors (Lipinski definition) is 2. The number of aromatic amines is 1. The summed E-state index contributed by atoms with van der Waals surface area (Å²) in [5, 5.41) is 4.41. The molecular formula is C16H17N7. The zero-order valence-electron chi connectivity index (χ0n) is 13.0. The van der Waals surface area contributed by atoms with Gasteiger partial charge in [0, 0.05) is 24.3 Å². The second-order valence-corrected chi connectivity index (χ2v) is 5.48. The van der Waals surface area contributed by atoms with Crippen LogP contribution in [0.4, 0.5) is 5.82 Å². The quantitative estimate of drug-likeness (QED) is 0.605. The van der Waals surface area contributed by atoms with Gasteiger partial charge >= 0.3 is 0 Å². The number of anilines is 1. The zero-order valence-corrected chi connectivity index (χ0v) is 13.0.